The van der Waals surface area contributed by atoms with Crippen LogP contribution in [0.5, 0.6) is 0 Å². The number of rotatable bonds is 6. The van der Waals surface area contributed by atoms with Gasteiger partial charge in [-0.05, 0) is 42.2 Å². The molecule has 0 aliphatic heterocycles. The number of nitrogens with one attached hydrogen (secondary N) is 3. The number of fused-ring (bicyclic) bond motifs is 1. The molecular formula is C25H23N3O. The third-order valence-electron chi connectivity index (χ3n) is 5.31. The van der Waals surface area contributed by atoms with E-state index in [1.54, 1.807) is 0 Å². The molecule has 144 valence electrons. The second-order valence-electron chi connectivity index (χ2n) is 7.62. The molecule has 29 heavy (non-hydrogen) atoms. The highest BCUT2D eigenvalue weighted by Crippen LogP contribution is 2.31. The van der Waals surface area contributed by atoms with Crippen molar-refractivity contribution in [1.82, 2.24) is 10.3 Å². The van der Waals surface area contributed by atoms with Gasteiger partial charge in [0.25, 0.3) is 5.91 Å². The minimum atomic E-state index is -0.000350. The molecule has 0 bridgehead atoms. The van der Waals surface area contributed by atoms with E-state index in [9.17, 15) is 4.79 Å². The minimum Gasteiger partial charge on any atom is -0.379 e. The maximum absolute atomic E-state index is 12.7. The lowest BCUT2D eigenvalue weighted by Gasteiger charge is -2.11. The number of hydrogen-bond donors (Lipinski definition) is 3. The number of carbonyl (C=O) groups excluding carboxylic acids is 1. The SMILES string of the molecule is O=C(NC1CC1)c1cc(NCc2ccccc2)c2[nH]c(-c3ccccc3)cc2c1. The van der Waals surface area contributed by atoms with Crippen molar-refractivity contribution in [1.29, 1.82) is 0 Å². The van der Waals surface area contributed by atoms with E-state index in [1.807, 2.05) is 48.5 Å². The molecule has 0 saturated heterocycles. The minimum absolute atomic E-state index is 0.000350. The molecule has 4 heteroatoms. The number of hydrogen-bond acceptors (Lipinski definition) is 2. The highest BCUT2D eigenvalue weighted by Gasteiger charge is 2.24. The summed E-state index contributed by atoms with van der Waals surface area (Å²) in [7, 11) is 0. The van der Waals surface area contributed by atoms with Crippen LogP contribution in [0, 0.1) is 0 Å². The monoisotopic (exact) mass is 381 g/mol. The largest absolute Gasteiger partial charge is 0.379 e. The molecule has 1 saturated carbocycles. The van der Waals surface area contributed by atoms with Crippen molar-refractivity contribution in [3.63, 3.8) is 0 Å². The van der Waals surface area contributed by atoms with Gasteiger partial charge in [-0.2, -0.15) is 0 Å². The molecule has 1 aromatic heterocycles. The standard InChI is InChI=1S/C25H23N3O/c29-25(27-21-11-12-21)20-13-19-14-22(18-9-5-2-6-10-18)28-24(19)23(15-20)26-16-17-7-3-1-4-8-17/h1-10,13-15,21,26,28H,11-12,16H2,(H,27,29). The third kappa shape index (κ3) is 3.87. The van der Waals surface area contributed by atoms with Crippen molar-refractivity contribution in [2.24, 2.45) is 0 Å². The smallest absolute Gasteiger partial charge is 0.251 e. The lowest BCUT2D eigenvalue weighted by atomic mass is 10.1. The Kier molecular flexibility index (Phi) is 4.53. The fraction of sp³-hybridized carbons (Fsp3) is 0.160. The zero-order valence-corrected chi connectivity index (χ0v) is 16.1. The number of aromatic amines is 1. The molecule has 0 spiro atoms. The summed E-state index contributed by atoms with van der Waals surface area (Å²) in [5.74, 6) is -0.000350. The van der Waals surface area contributed by atoms with E-state index in [0.29, 0.717) is 18.2 Å². The molecule has 0 unspecified atom stereocenters. The normalized spacial score (nSPS) is 13.4. The number of aromatic nitrogens is 1. The summed E-state index contributed by atoms with van der Waals surface area (Å²) in [4.78, 5) is 16.2. The Morgan fingerprint density at radius 3 is 2.38 bits per heavy atom. The number of anilines is 1. The van der Waals surface area contributed by atoms with Crippen molar-refractivity contribution in [3.8, 4) is 11.3 Å². The first-order valence-corrected chi connectivity index (χ1v) is 10.1. The summed E-state index contributed by atoms with van der Waals surface area (Å²) in [6.45, 7) is 0.698. The zero-order chi connectivity index (χ0) is 19.6. The predicted octanol–water partition coefficient (Wildman–Crippen LogP) is 5.34. The van der Waals surface area contributed by atoms with Crippen LogP contribution in [-0.2, 0) is 6.54 Å². The van der Waals surface area contributed by atoms with Gasteiger partial charge in [0.05, 0.1) is 11.2 Å². The van der Waals surface area contributed by atoms with Gasteiger partial charge in [0.15, 0.2) is 0 Å². The van der Waals surface area contributed by atoms with Gasteiger partial charge in [-0.3, -0.25) is 4.79 Å². The Balaban J connectivity index is 1.53. The van der Waals surface area contributed by atoms with Crippen LogP contribution < -0.4 is 10.6 Å². The topological polar surface area (TPSA) is 56.9 Å². The molecule has 1 amide bonds. The first kappa shape index (κ1) is 17.6. The Morgan fingerprint density at radius 2 is 1.66 bits per heavy atom. The molecule has 3 N–H and O–H groups in total. The van der Waals surface area contributed by atoms with E-state index in [4.69, 9.17) is 0 Å². The van der Waals surface area contributed by atoms with E-state index in [2.05, 4.69) is 45.9 Å². The van der Waals surface area contributed by atoms with Crippen LogP contribution in [0.4, 0.5) is 5.69 Å². The zero-order valence-electron chi connectivity index (χ0n) is 16.1. The summed E-state index contributed by atoms with van der Waals surface area (Å²) >= 11 is 0. The number of H-pyrrole nitrogens is 1. The quantitative estimate of drug-likeness (QED) is 0.422. The van der Waals surface area contributed by atoms with Crippen LogP contribution in [0.15, 0.2) is 78.9 Å². The maximum Gasteiger partial charge on any atom is 0.251 e. The molecule has 1 aliphatic carbocycles. The molecule has 1 fully saturated rings. The molecule has 3 aromatic carbocycles. The number of benzene rings is 3. The van der Waals surface area contributed by atoms with Crippen LogP contribution in [0.3, 0.4) is 0 Å². The molecule has 0 atom stereocenters. The lowest BCUT2D eigenvalue weighted by molar-refractivity contribution is 0.0951. The second-order valence-corrected chi connectivity index (χ2v) is 7.62. The van der Waals surface area contributed by atoms with Gasteiger partial charge in [0.2, 0.25) is 0 Å². The summed E-state index contributed by atoms with van der Waals surface area (Å²) in [6.07, 6.45) is 2.16. The van der Waals surface area contributed by atoms with E-state index in [0.717, 1.165) is 40.7 Å². The van der Waals surface area contributed by atoms with Crippen molar-refractivity contribution < 1.29 is 4.79 Å². The van der Waals surface area contributed by atoms with Gasteiger partial charge in [-0.25, -0.2) is 0 Å². The Morgan fingerprint density at radius 1 is 0.931 bits per heavy atom. The van der Waals surface area contributed by atoms with Crippen molar-refractivity contribution in [2.45, 2.75) is 25.4 Å². The Bertz CT molecular complexity index is 1140. The highest BCUT2D eigenvalue weighted by atomic mass is 16.1. The van der Waals surface area contributed by atoms with Crippen molar-refractivity contribution in [3.05, 3.63) is 90.0 Å². The predicted molar refractivity (Wildman–Crippen MR) is 118 cm³/mol. The average Bonchev–Trinajstić information content (AvgIpc) is 3.47. The van der Waals surface area contributed by atoms with Gasteiger partial charge in [0.1, 0.15) is 0 Å². The fourth-order valence-electron chi connectivity index (χ4n) is 3.58. The second kappa shape index (κ2) is 7.47. The lowest BCUT2D eigenvalue weighted by Crippen LogP contribution is -2.25. The first-order valence-electron chi connectivity index (χ1n) is 10.1. The number of carbonyl (C=O) groups is 1. The van der Waals surface area contributed by atoms with E-state index >= 15 is 0 Å². The van der Waals surface area contributed by atoms with E-state index in [-0.39, 0.29) is 5.91 Å². The molecule has 4 nitrogen and oxygen atoms in total. The van der Waals surface area contributed by atoms with Crippen LogP contribution in [0.1, 0.15) is 28.8 Å². The van der Waals surface area contributed by atoms with Crippen LogP contribution in [-0.4, -0.2) is 16.9 Å². The van der Waals surface area contributed by atoms with Gasteiger partial charge in [0, 0.05) is 29.2 Å². The van der Waals surface area contributed by atoms with Gasteiger partial charge in [-0.15, -0.1) is 0 Å². The van der Waals surface area contributed by atoms with Crippen molar-refractivity contribution in [2.75, 3.05) is 5.32 Å². The molecule has 1 aliphatic rings. The Labute approximate surface area is 170 Å². The molecule has 1 heterocycles. The molecular weight excluding hydrogens is 358 g/mol. The van der Waals surface area contributed by atoms with Gasteiger partial charge in [-0.1, -0.05) is 60.7 Å². The Hall–Kier alpha value is -3.53. The first-order chi connectivity index (χ1) is 14.3. The molecule has 4 aromatic rings. The maximum atomic E-state index is 12.7. The van der Waals surface area contributed by atoms with Crippen LogP contribution in [0.2, 0.25) is 0 Å². The molecule has 0 radical (unpaired) electrons. The highest BCUT2D eigenvalue weighted by molar-refractivity contribution is 6.04. The van der Waals surface area contributed by atoms with Gasteiger partial charge >= 0.3 is 0 Å². The van der Waals surface area contributed by atoms with E-state index < -0.39 is 0 Å². The van der Waals surface area contributed by atoms with Crippen LogP contribution in [0.25, 0.3) is 22.2 Å². The number of amides is 1. The molecule has 5 rings (SSSR count). The van der Waals surface area contributed by atoms with E-state index in [1.165, 1.54) is 5.56 Å². The summed E-state index contributed by atoms with van der Waals surface area (Å²) in [5.41, 5.74) is 6.02. The van der Waals surface area contributed by atoms with Crippen LogP contribution >= 0.6 is 0 Å². The fourth-order valence-corrected chi connectivity index (χ4v) is 3.58. The third-order valence-corrected chi connectivity index (χ3v) is 5.31. The van der Waals surface area contributed by atoms with Gasteiger partial charge < -0.3 is 15.6 Å². The summed E-state index contributed by atoms with van der Waals surface area (Å²) < 4.78 is 0. The summed E-state index contributed by atoms with van der Waals surface area (Å²) in [5, 5.41) is 7.65. The summed E-state index contributed by atoms with van der Waals surface area (Å²) in [6, 6.07) is 26.9. The van der Waals surface area contributed by atoms with Crippen molar-refractivity contribution >= 4 is 22.5 Å². The average molecular weight is 381 g/mol.